The van der Waals surface area contributed by atoms with Crippen LogP contribution in [0.2, 0.25) is 0 Å². The average molecular weight is 493 g/mol. The number of hydrogen-bond acceptors (Lipinski definition) is 7. The summed E-state index contributed by atoms with van der Waals surface area (Å²) in [5, 5.41) is 7.13. The molecule has 4 amide bonds. The Morgan fingerprint density at radius 2 is 1.80 bits per heavy atom. The summed E-state index contributed by atoms with van der Waals surface area (Å²) in [4.78, 5) is 56.7. The van der Waals surface area contributed by atoms with Crippen LogP contribution in [0.3, 0.4) is 0 Å². The van der Waals surface area contributed by atoms with Crippen molar-refractivity contribution in [2.45, 2.75) is 31.8 Å². The molecule has 3 aromatic rings. The number of carbonyl (C=O) groups is 4. The van der Waals surface area contributed by atoms with Crippen molar-refractivity contribution < 1.29 is 23.9 Å². The molecule has 180 valence electrons. The van der Waals surface area contributed by atoms with Crippen LogP contribution in [0.4, 0.5) is 9.93 Å². The van der Waals surface area contributed by atoms with Crippen LogP contribution in [-0.2, 0) is 9.59 Å². The zero-order valence-electron chi connectivity index (χ0n) is 19.3. The number of nitrogens with one attached hydrogen (secondary N) is 2. The van der Waals surface area contributed by atoms with Gasteiger partial charge in [-0.3, -0.25) is 14.4 Å². The number of benzene rings is 2. The molecule has 1 aliphatic heterocycles. The molecule has 9 nitrogen and oxygen atoms in total. The first-order valence-corrected chi connectivity index (χ1v) is 11.8. The van der Waals surface area contributed by atoms with Gasteiger partial charge in [-0.05, 0) is 23.3 Å². The average Bonchev–Trinajstić information content (AvgIpc) is 3.45. The van der Waals surface area contributed by atoms with Crippen LogP contribution in [0, 0.1) is 0 Å². The van der Waals surface area contributed by atoms with Crippen molar-refractivity contribution in [3.63, 3.8) is 0 Å². The second-order valence-electron chi connectivity index (χ2n) is 8.09. The van der Waals surface area contributed by atoms with Gasteiger partial charge in [-0.1, -0.05) is 49.4 Å². The first-order valence-electron chi connectivity index (χ1n) is 10.9. The third-order valence-electron chi connectivity index (χ3n) is 5.86. The smallest absolute Gasteiger partial charge is 0.325 e. The quantitative estimate of drug-likeness (QED) is 0.365. The van der Waals surface area contributed by atoms with Crippen molar-refractivity contribution in [2.24, 2.45) is 0 Å². The van der Waals surface area contributed by atoms with E-state index < -0.39 is 35.8 Å². The zero-order valence-corrected chi connectivity index (χ0v) is 20.2. The summed E-state index contributed by atoms with van der Waals surface area (Å²) in [5.74, 6) is -1.25. The molecule has 10 heteroatoms. The van der Waals surface area contributed by atoms with Crippen molar-refractivity contribution in [2.75, 3.05) is 12.4 Å². The Kier molecular flexibility index (Phi) is 6.92. The summed E-state index contributed by atoms with van der Waals surface area (Å²) >= 11 is 1.10. The van der Waals surface area contributed by atoms with Crippen molar-refractivity contribution in [3.8, 4) is 5.75 Å². The predicted molar refractivity (Wildman–Crippen MR) is 131 cm³/mol. The monoisotopic (exact) mass is 492 g/mol. The highest BCUT2D eigenvalue weighted by Crippen LogP contribution is 2.31. The Labute approximate surface area is 206 Å². The number of amides is 4. The fourth-order valence-electron chi connectivity index (χ4n) is 3.96. The minimum Gasteiger partial charge on any atom is -0.497 e. The van der Waals surface area contributed by atoms with Gasteiger partial charge in [0.05, 0.1) is 7.11 Å². The van der Waals surface area contributed by atoms with Crippen LogP contribution in [0.15, 0.2) is 60.0 Å². The number of hydrogen-bond donors (Lipinski definition) is 2. The maximum absolute atomic E-state index is 13.5. The lowest BCUT2D eigenvalue weighted by Crippen LogP contribution is -2.50. The molecule has 1 fully saturated rings. The molecule has 0 unspecified atom stereocenters. The number of thiazole rings is 1. The van der Waals surface area contributed by atoms with Crippen LogP contribution < -0.4 is 15.4 Å². The highest BCUT2D eigenvalue weighted by molar-refractivity contribution is 7.14. The second-order valence-corrected chi connectivity index (χ2v) is 8.95. The van der Waals surface area contributed by atoms with Gasteiger partial charge in [0.1, 0.15) is 23.5 Å². The third kappa shape index (κ3) is 4.92. The zero-order chi connectivity index (χ0) is 25.1. The number of ether oxygens (including phenoxy) is 1. The summed E-state index contributed by atoms with van der Waals surface area (Å²) in [6, 6.07) is 13.2. The van der Waals surface area contributed by atoms with Gasteiger partial charge in [0.15, 0.2) is 10.9 Å². The van der Waals surface area contributed by atoms with E-state index in [0.717, 1.165) is 21.8 Å². The minimum absolute atomic E-state index is 0.212. The van der Waals surface area contributed by atoms with Crippen molar-refractivity contribution in [1.29, 1.82) is 0 Å². The van der Waals surface area contributed by atoms with Crippen molar-refractivity contribution in [3.05, 3.63) is 76.8 Å². The van der Waals surface area contributed by atoms with E-state index >= 15 is 0 Å². The number of aromatic nitrogens is 1. The van der Waals surface area contributed by atoms with Crippen LogP contribution in [-0.4, -0.2) is 46.7 Å². The molecule has 0 spiro atoms. The van der Waals surface area contributed by atoms with Crippen molar-refractivity contribution >= 4 is 40.1 Å². The van der Waals surface area contributed by atoms with E-state index in [2.05, 4.69) is 15.6 Å². The fraction of sp³-hybridized carbons (Fsp3) is 0.240. The highest BCUT2D eigenvalue weighted by atomic mass is 32.1. The number of carbonyl (C=O) groups excluding carboxylic acids is 4. The predicted octanol–water partition coefficient (Wildman–Crippen LogP) is 3.76. The molecule has 0 bridgehead atoms. The van der Waals surface area contributed by atoms with Gasteiger partial charge in [0, 0.05) is 18.2 Å². The number of imide groups is 1. The molecule has 0 aliphatic carbocycles. The molecule has 1 aromatic heterocycles. The molecule has 1 aliphatic rings. The van der Waals surface area contributed by atoms with Gasteiger partial charge >= 0.3 is 6.03 Å². The van der Waals surface area contributed by atoms with Crippen molar-refractivity contribution in [1.82, 2.24) is 15.2 Å². The molecule has 0 saturated carbocycles. The molecule has 35 heavy (non-hydrogen) atoms. The van der Waals surface area contributed by atoms with E-state index in [-0.39, 0.29) is 16.6 Å². The Hall–Kier alpha value is -4.05. The van der Waals surface area contributed by atoms with Crippen LogP contribution in [0.5, 0.6) is 5.75 Å². The molecule has 2 aromatic carbocycles. The molecule has 1 saturated heterocycles. The number of rotatable bonds is 8. The van der Waals surface area contributed by atoms with E-state index in [4.69, 9.17) is 4.74 Å². The molecule has 4 rings (SSSR count). The summed E-state index contributed by atoms with van der Waals surface area (Å²) in [5.41, 5.74) is 1.58. The van der Waals surface area contributed by atoms with Gasteiger partial charge < -0.3 is 15.4 Å². The maximum atomic E-state index is 13.5. The molecule has 0 radical (unpaired) electrons. The number of ketones is 1. The van der Waals surface area contributed by atoms with E-state index in [1.807, 2.05) is 30.3 Å². The number of nitrogens with zero attached hydrogens (tertiary/aromatic N) is 2. The second kappa shape index (κ2) is 10.1. The van der Waals surface area contributed by atoms with E-state index in [0.29, 0.717) is 11.3 Å². The van der Waals surface area contributed by atoms with E-state index in [1.165, 1.54) is 14.0 Å². The van der Waals surface area contributed by atoms with Crippen LogP contribution >= 0.6 is 11.3 Å². The van der Waals surface area contributed by atoms with Gasteiger partial charge in [-0.25, -0.2) is 14.7 Å². The standard InChI is InChI=1S/C25H24N4O5S/c1-14(16-7-5-4-6-8-16)21(22(31)28-24-26-19(13-35-24)15(2)30)29-23(32)20(27-25(29)33)17-9-11-18(34-3)12-10-17/h4-14,20-21H,1-3H3,(H,27,33)(H,26,28,31)/t14-,20+,21-/m0/s1. The molecule has 2 N–H and O–H groups in total. The number of anilines is 1. The van der Waals surface area contributed by atoms with Gasteiger partial charge in [-0.15, -0.1) is 11.3 Å². The lowest BCUT2D eigenvalue weighted by Gasteiger charge is -2.29. The summed E-state index contributed by atoms with van der Waals surface area (Å²) in [6.45, 7) is 3.16. The SMILES string of the molecule is COc1ccc([C@H]2NC(=O)N([C@H](C(=O)Nc3nc(C(C)=O)cs3)[C@@H](C)c3ccccc3)C2=O)cc1. The maximum Gasteiger partial charge on any atom is 0.325 e. The van der Waals surface area contributed by atoms with Crippen LogP contribution in [0.1, 0.15) is 47.4 Å². The Morgan fingerprint density at radius 3 is 2.40 bits per heavy atom. The molecular weight excluding hydrogens is 468 g/mol. The highest BCUT2D eigenvalue weighted by Gasteiger charge is 2.47. The molecule has 3 atom stereocenters. The fourth-order valence-corrected chi connectivity index (χ4v) is 4.71. The summed E-state index contributed by atoms with van der Waals surface area (Å²) in [7, 11) is 1.54. The van der Waals surface area contributed by atoms with Gasteiger partial charge in [-0.2, -0.15) is 0 Å². The van der Waals surface area contributed by atoms with E-state index in [9.17, 15) is 19.2 Å². The lowest BCUT2D eigenvalue weighted by molar-refractivity contribution is -0.134. The molecule has 2 heterocycles. The number of Topliss-reactive ketones (excluding diaryl/α,β-unsaturated/α-hetero) is 1. The lowest BCUT2D eigenvalue weighted by atomic mass is 9.91. The Morgan fingerprint density at radius 1 is 1.11 bits per heavy atom. The first kappa shape index (κ1) is 24.1. The normalized spacial score (nSPS) is 17.0. The first-order chi connectivity index (χ1) is 16.8. The largest absolute Gasteiger partial charge is 0.497 e. The Balaban J connectivity index is 1.66. The van der Waals surface area contributed by atoms with Gasteiger partial charge in [0.25, 0.3) is 5.91 Å². The number of methoxy groups -OCH3 is 1. The third-order valence-corrected chi connectivity index (χ3v) is 6.62. The molecular formula is C25H24N4O5S. The number of urea groups is 1. The van der Waals surface area contributed by atoms with E-state index in [1.54, 1.807) is 36.6 Å². The summed E-state index contributed by atoms with van der Waals surface area (Å²) < 4.78 is 5.16. The van der Waals surface area contributed by atoms with Gasteiger partial charge in [0.2, 0.25) is 5.91 Å². The Bertz CT molecular complexity index is 1260. The topological polar surface area (TPSA) is 118 Å². The summed E-state index contributed by atoms with van der Waals surface area (Å²) in [6.07, 6.45) is 0. The minimum atomic E-state index is -1.15. The van der Waals surface area contributed by atoms with Crippen LogP contribution in [0.25, 0.3) is 0 Å².